The molecule has 0 radical (unpaired) electrons. The van der Waals surface area contributed by atoms with Crippen molar-refractivity contribution in [1.82, 2.24) is 0 Å². The maximum Gasteiger partial charge on any atom is -0.0220 e. The maximum atomic E-state index is 2.31. The van der Waals surface area contributed by atoms with Crippen LogP contribution in [-0.4, -0.2) is 5.43 Å². The van der Waals surface area contributed by atoms with Crippen LogP contribution in [0.3, 0.4) is 0 Å². The van der Waals surface area contributed by atoms with Crippen molar-refractivity contribution in [2.24, 2.45) is 0 Å². The fourth-order valence-electron chi connectivity index (χ4n) is 4.08. The second kappa shape index (κ2) is 13.6. The van der Waals surface area contributed by atoms with Crippen LogP contribution in [0.2, 0.25) is 13.1 Å². The van der Waals surface area contributed by atoms with Crippen LogP contribution in [-0.2, 0) is 34.2 Å². The third-order valence-corrected chi connectivity index (χ3v) is 5.41. The quantitative estimate of drug-likeness (QED) is 0.218. The van der Waals surface area contributed by atoms with Gasteiger partial charge in [-0.25, -0.2) is 0 Å². The standard InChI is InChI=1S/2C14H17.C2H6Si.2ClH.Zr/c2*1-10-8-11-6-5-7-13(12(11)9-10)14(2,3)4;1-3-2;;;/h2*5-9H,1-4H3;1-2H3;2*1H;/q2*-1;;;;+2/p-2. The summed E-state index contributed by atoms with van der Waals surface area (Å²) in [6.07, 6.45) is 0. The molecule has 0 saturated carbocycles. The Labute approximate surface area is 235 Å². The van der Waals surface area contributed by atoms with Crippen molar-refractivity contribution >= 4 is 27.0 Å². The van der Waals surface area contributed by atoms with Crippen molar-refractivity contribution in [2.75, 3.05) is 0 Å². The van der Waals surface area contributed by atoms with Gasteiger partial charge in [0.05, 0.1) is 0 Å². The number of hydrogen-bond donors (Lipinski definition) is 0. The first kappa shape index (κ1) is 33.3. The second-order valence-corrected chi connectivity index (χ2v) is 20.6. The number of aryl methyl sites for hydroxylation is 2. The molecule has 0 atom stereocenters. The largest absolute Gasteiger partial charge is 1.00 e. The summed E-state index contributed by atoms with van der Waals surface area (Å²) in [6, 6.07) is 22.3. The van der Waals surface area contributed by atoms with Crippen LogP contribution in [0.1, 0.15) is 63.8 Å². The van der Waals surface area contributed by atoms with Crippen LogP contribution >= 0.6 is 0 Å². The Balaban J connectivity index is 0.000000528. The van der Waals surface area contributed by atoms with E-state index in [2.05, 4.69) is 129 Å². The van der Waals surface area contributed by atoms with E-state index < -0.39 is 0 Å². The third kappa shape index (κ3) is 9.42. The van der Waals surface area contributed by atoms with E-state index in [-0.39, 0.29) is 41.1 Å². The molecule has 4 heteroatoms. The third-order valence-electron chi connectivity index (χ3n) is 5.41. The first-order chi connectivity index (χ1) is 14.7. The summed E-state index contributed by atoms with van der Waals surface area (Å²) in [4.78, 5) is 0. The smallest absolute Gasteiger partial charge is 0.0220 e. The molecule has 184 valence electrons. The van der Waals surface area contributed by atoms with E-state index in [1.54, 1.807) is 23.3 Å². The predicted octanol–water partition coefficient (Wildman–Crippen LogP) is 3.12. The molecule has 0 fully saturated rings. The molecule has 0 saturated heterocycles. The van der Waals surface area contributed by atoms with Crippen molar-refractivity contribution < 1.29 is 48.1 Å². The number of benzene rings is 2. The van der Waals surface area contributed by atoms with Gasteiger partial charge in [0.15, 0.2) is 0 Å². The van der Waals surface area contributed by atoms with Gasteiger partial charge in [0, 0.05) is 0 Å². The molecule has 0 aliphatic heterocycles. The summed E-state index contributed by atoms with van der Waals surface area (Å²) in [5.41, 5.74) is 6.29. The van der Waals surface area contributed by atoms with Crippen LogP contribution in [0, 0.1) is 13.8 Å². The van der Waals surface area contributed by atoms with E-state index in [0.717, 1.165) is 0 Å². The van der Waals surface area contributed by atoms with Gasteiger partial charge in [0.25, 0.3) is 0 Å². The van der Waals surface area contributed by atoms with Gasteiger partial charge in [0.2, 0.25) is 0 Å². The van der Waals surface area contributed by atoms with Crippen LogP contribution in [0.4, 0.5) is 0 Å². The van der Waals surface area contributed by atoms with Crippen molar-refractivity contribution in [3.63, 3.8) is 0 Å². The molecule has 0 unspecified atom stereocenters. The summed E-state index contributed by atoms with van der Waals surface area (Å²) in [7, 11) is 0. The Morgan fingerprint density at radius 1 is 0.647 bits per heavy atom. The molecule has 34 heavy (non-hydrogen) atoms. The van der Waals surface area contributed by atoms with Crippen molar-refractivity contribution in [2.45, 2.75) is 79.3 Å². The summed E-state index contributed by atoms with van der Waals surface area (Å²) < 4.78 is 0. The Hall–Kier alpha value is -0.660. The Bertz CT molecular complexity index is 1110. The zero-order valence-corrected chi connectivity index (χ0v) is 27.5. The number of halogens is 2. The van der Waals surface area contributed by atoms with E-state index in [1.807, 2.05) is 0 Å². The normalized spacial score (nSPS) is 10.9. The molecule has 0 aliphatic rings. The van der Waals surface area contributed by atoms with Gasteiger partial charge in [-0.3, -0.25) is 0 Å². The fourth-order valence-corrected chi connectivity index (χ4v) is 4.08. The molecule has 0 bridgehead atoms. The van der Waals surface area contributed by atoms with Gasteiger partial charge in [-0.05, 0) is 10.8 Å². The molecule has 0 heterocycles. The summed E-state index contributed by atoms with van der Waals surface area (Å²) in [6.45, 7) is 22.5. The minimum Gasteiger partial charge on any atom is -1.00 e. The Morgan fingerprint density at radius 3 is 1.21 bits per heavy atom. The van der Waals surface area contributed by atoms with E-state index in [1.165, 1.54) is 43.8 Å². The molecule has 4 aromatic rings. The SMILES string of the molecule is C[Si](C)=[Zr+2].Cc1cc2c(C(C)(C)C)cccc2[cH-]1.Cc1cc2c(C(C)(C)C)cccc2[cH-]1.[Cl-].[Cl-]. The predicted molar refractivity (Wildman–Crippen MR) is 143 cm³/mol. The first-order valence-corrected chi connectivity index (χ1v) is 17.7. The minimum atomic E-state index is 0. The molecule has 0 nitrogen and oxygen atoms in total. The van der Waals surface area contributed by atoms with Crippen LogP contribution in [0.15, 0.2) is 60.7 Å². The fraction of sp³-hybridized carbons (Fsp3) is 0.400. The zero-order valence-electron chi connectivity index (χ0n) is 22.5. The Kier molecular flexibility index (Phi) is 13.3. The van der Waals surface area contributed by atoms with Gasteiger partial charge < -0.3 is 24.8 Å². The summed E-state index contributed by atoms with van der Waals surface area (Å²) >= 11 is 1.74. The molecule has 0 aromatic heterocycles. The van der Waals surface area contributed by atoms with Crippen molar-refractivity contribution in [3.05, 3.63) is 82.9 Å². The van der Waals surface area contributed by atoms with Gasteiger partial charge >= 0.3 is 41.9 Å². The average Bonchev–Trinajstić information content (AvgIpc) is 3.19. The molecular weight excluding hydrogens is 551 g/mol. The van der Waals surface area contributed by atoms with E-state index in [0.29, 0.717) is 0 Å². The Morgan fingerprint density at radius 2 is 0.941 bits per heavy atom. The van der Waals surface area contributed by atoms with Crippen LogP contribution in [0.25, 0.3) is 21.5 Å². The average molecular weight is 591 g/mol. The zero-order chi connectivity index (χ0) is 24.3. The maximum absolute atomic E-state index is 2.31. The first-order valence-electron chi connectivity index (χ1n) is 11.5. The van der Waals surface area contributed by atoms with Gasteiger partial charge in [-0.1, -0.05) is 78.6 Å². The molecule has 4 aromatic carbocycles. The monoisotopic (exact) mass is 588 g/mol. The molecule has 0 aliphatic carbocycles. The summed E-state index contributed by atoms with van der Waals surface area (Å²) in [5.74, 6) is 0. The number of hydrogen-bond acceptors (Lipinski definition) is 0. The molecule has 0 N–H and O–H groups in total. The van der Waals surface area contributed by atoms with Gasteiger partial charge in [-0.15, -0.1) is 69.1 Å². The van der Waals surface area contributed by atoms with E-state index in [9.17, 15) is 0 Å². The molecular formula is C30H40Cl2SiZr-2. The van der Waals surface area contributed by atoms with E-state index in [4.69, 9.17) is 0 Å². The molecule has 0 amide bonds. The minimum absolute atomic E-state index is 0. The number of rotatable bonds is 0. The molecule has 0 spiro atoms. The number of fused-ring (bicyclic) bond motifs is 2. The van der Waals surface area contributed by atoms with Gasteiger partial charge in [-0.2, -0.15) is 12.1 Å². The van der Waals surface area contributed by atoms with E-state index >= 15 is 0 Å². The molecule has 4 rings (SSSR count). The summed E-state index contributed by atoms with van der Waals surface area (Å²) in [5, 5.41) is 5.57. The van der Waals surface area contributed by atoms with Crippen molar-refractivity contribution in [3.8, 4) is 0 Å². The van der Waals surface area contributed by atoms with Crippen LogP contribution < -0.4 is 24.8 Å². The second-order valence-electron chi connectivity index (χ2n) is 11.2. The topological polar surface area (TPSA) is 0 Å². The van der Waals surface area contributed by atoms with Gasteiger partial charge in [0.1, 0.15) is 0 Å². The van der Waals surface area contributed by atoms with Crippen LogP contribution in [0.5, 0.6) is 0 Å². The van der Waals surface area contributed by atoms with Crippen molar-refractivity contribution in [1.29, 1.82) is 0 Å².